The summed E-state index contributed by atoms with van der Waals surface area (Å²) in [5.41, 5.74) is 0.134. The number of benzene rings is 1. The molecule has 0 bridgehead atoms. The second kappa shape index (κ2) is 7.93. The van der Waals surface area contributed by atoms with Crippen molar-refractivity contribution >= 4 is 17.7 Å². The first kappa shape index (κ1) is 18.7. The third-order valence-corrected chi connectivity index (χ3v) is 3.65. The lowest BCUT2D eigenvalue weighted by molar-refractivity contribution is -0.119. The second-order valence-corrected chi connectivity index (χ2v) is 6.92. The van der Waals surface area contributed by atoms with E-state index < -0.39 is 5.60 Å². The number of rotatable bonds is 4. The van der Waals surface area contributed by atoms with Gasteiger partial charge in [-0.15, -0.1) is 6.42 Å². The molecule has 0 aliphatic carbocycles. The normalized spacial score (nSPS) is 16.9. The lowest BCUT2D eigenvalue weighted by Crippen LogP contribution is -2.36. The number of likely N-dealkylation sites (tertiary alicyclic amines) is 1. The molecule has 1 atom stereocenters. The summed E-state index contributed by atoms with van der Waals surface area (Å²) in [6.45, 7) is 6.55. The van der Waals surface area contributed by atoms with Crippen molar-refractivity contribution in [2.24, 2.45) is 5.92 Å². The zero-order valence-electron chi connectivity index (χ0n) is 14.9. The molecule has 1 aliphatic rings. The molecule has 1 aromatic carbocycles. The summed E-state index contributed by atoms with van der Waals surface area (Å²) in [5, 5.41) is 2.86. The number of nitrogens with one attached hydrogen (secondary N) is 1. The predicted octanol–water partition coefficient (Wildman–Crippen LogP) is 2.89. The summed E-state index contributed by atoms with van der Waals surface area (Å²) in [7, 11) is 0. The van der Waals surface area contributed by atoms with Crippen molar-refractivity contribution in [2.45, 2.75) is 32.8 Å². The maximum Gasteiger partial charge on any atom is 0.410 e. The first-order valence-electron chi connectivity index (χ1n) is 8.23. The molecule has 1 heterocycles. The van der Waals surface area contributed by atoms with Crippen LogP contribution in [0.5, 0.6) is 5.75 Å². The summed E-state index contributed by atoms with van der Waals surface area (Å²) < 4.78 is 10.6. The predicted molar refractivity (Wildman–Crippen MR) is 95.3 cm³/mol. The van der Waals surface area contributed by atoms with Crippen LogP contribution in [-0.2, 0) is 9.53 Å². The quantitative estimate of drug-likeness (QED) is 0.853. The van der Waals surface area contributed by atoms with Crippen LogP contribution >= 0.6 is 0 Å². The van der Waals surface area contributed by atoms with Crippen LogP contribution in [0.4, 0.5) is 10.5 Å². The number of amides is 2. The van der Waals surface area contributed by atoms with Crippen molar-refractivity contribution < 1.29 is 19.1 Å². The van der Waals surface area contributed by atoms with Crippen LogP contribution in [0.1, 0.15) is 27.2 Å². The molecule has 0 spiro atoms. The molecule has 6 heteroatoms. The van der Waals surface area contributed by atoms with Gasteiger partial charge in [0, 0.05) is 18.8 Å². The van der Waals surface area contributed by atoms with Gasteiger partial charge in [0.25, 0.3) is 0 Å². The van der Waals surface area contributed by atoms with Crippen LogP contribution in [0.15, 0.2) is 24.3 Å². The Hall–Kier alpha value is -2.68. The maximum absolute atomic E-state index is 12.4. The summed E-state index contributed by atoms with van der Waals surface area (Å²) >= 11 is 0. The van der Waals surface area contributed by atoms with E-state index in [2.05, 4.69) is 11.2 Å². The van der Waals surface area contributed by atoms with Crippen LogP contribution in [0.3, 0.4) is 0 Å². The molecule has 6 nitrogen and oxygen atoms in total. The number of carbonyl (C=O) groups excluding carboxylic acids is 2. The Bertz CT molecular complexity index is 655. The van der Waals surface area contributed by atoms with Gasteiger partial charge in [-0.2, -0.15) is 0 Å². The smallest absolute Gasteiger partial charge is 0.410 e. The van der Waals surface area contributed by atoms with Crippen LogP contribution in [0, 0.1) is 18.3 Å². The average Bonchev–Trinajstić information content (AvgIpc) is 3.03. The van der Waals surface area contributed by atoms with Crippen LogP contribution in [-0.4, -0.2) is 42.2 Å². The summed E-state index contributed by atoms with van der Waals surface area (Å²) in [4.78, 5) is 26.0. The number of nitrogens with zero attached hydrogens (tertiary/aromatic N) is 1. The molecule has 1 N–H and O–H groups in total. The maximum atomic E-state index is 12.4. The Morgan fingerprint density at radius 2 is 2.00 bits per heavy atom. The number of hydrogen-bond acceptors (Lipinski definition) is 4. The van der Waals surface area contributed by atoms with Gasteiger partial charge in [0.15, 0.2) is 0 Å². The first-order chi connectivity index (χ1) is 11.8. The van der Waals surface area contributed by atoms with Gasteiger partial charge in [-0.3, -0.25) is 4.79 Å². The van der Waals surface area contributed by atoms with E-state index in [-0.39, 0.29) is 24.5 Å². The van der Waals surface area contributed by atoms with Crippen molar-refractivity contribution in [1.82, 2.24) is 4.90 Å². The van der Waals surface area contributed by atoms with E-state index in [0.717, 1.165) is 0 Å². The highest BCUT2D eigenvalue weighted by Crippen LogP contribution is 2.22. The van der Waals surface area contributed by atoms with Crippen LogP contribution < -0.4 is 10.1 Å². The van der Waals surface area contributed by atoms with Gasteiger partial charge in [0.1, 0.15) is 18.0 Å². The Morgan fingerprint density at radius 1 is 1.32 bits per heavy atom. The number of ether oxygens (including phenoxy) is 2. The second-order valence-electron chi connectivity index (χ2n) is 6.92. The molecule has 134 valence electrons. The Labute approximate surface area is 148 Å². The molecule has 2 amide bonds. The molecular formula is C19H24N2O4. The van der Waals surface area contributed by atoms with Gasteiger partial charge in [0.05, 0.1) is 5.92 Å². The zero-order valence-corrected chi connectivity index (χ0v) is 14.9. The first-order valence-corrected chi connectivity index (χ1v) is 8.23. The molecule has 1 saturated heterocycles. The molecule has 0 saturated carbocycles. The van der Waals surface area contributed by atoms with E-state index in [1.165, 1.54) is 0 Å². The topological polar surface area (TPSA) is 67.9 Å². The van der Waals surface area contributed by atoms with Gasteiger partial charge in [-0.1, -0.05) is 5.92 Å². The number of anilines is 1. The molecule has 0 radical (unpaired) electrons. The fourth-order valence-corrected chi connectivity index (χ4v) is 2.47. The Balaban J connectivity index is 1.86. The van der Waals surface area contributed by atoms with Crippen molar-refractivity contribution in [3.05, 3.63) is 24.3 Å². The molecule has 1 aromatic rings. The minimum absolute atomic E-state index is 0.108. The van der Waals surface area contributed by atoms with Gasteiger partial charge < -0.3 is 19.7 Å². The average molecular weight is 344 g/mol. The standard InChI is InChI=1S/C19H24N2O4/c1-5-12-24-16-8-6-15(7-9-16)20-17(22)14-10-11-21(13-14)18(23)25-19(2,3)4/h1,6-9,14H,10-13H2,2-4H3,(H,20,22). The van der Waals surface area contributed by atoms with Crippen LogP contribution in [0.2, 0.25) is 0 Å². The fourth-order valence-electron chi connectivity index (χ4n) is 2.47. The third kappa shape index (κ3) is 5.71. The number of hydrogen-bond donors (Lipinski definition) is 1. The van der Waals surface area contributed by atoms with Crippen molar-refractivity contribution in [3.63, 3.8) is 0 Å². The highest BCUT2D eigenvalue weighted by Gasteiger charge is 2.33. The molecule has 0 aromatic heterocycles. The molecule has 1 fully saturated rings. The molecular weight excluding hydrogens is 320 g/mol. The van der Waals surface area contributed by atoms with Gasteiger partial charge >= 0.3 is 6.09 Å². The largest absolute Gasteiger partial charge is 0.481 e. The van der Waals surface area contributed by atoms with E-state index in [1.54, 1.807) is 29.2 Å². The Morgan fingerprint density at radius 3 is 2.60 bits per heavy atom. The molecule has 25 heavy (non-hydrogen) atoms. The van der Waals surface area contributed by atoms with Gasteiger partial charge in [-0.25, -0.2) is 4.79 Å². The van der Waals surface area contributed by atoms with Crippen molar-refractivity contribution in [2.75, 3.05) is 25.0 Å². The summed E-state index contributed by atoms with van der Waals surface area (Å²) in [5.74, 6) is 2.69. The van der Waals surface area contributed by atoms with Crippen LogP contribution in [0.25, 0.3) is 0 Å². The molecule has 2 rings (SSSR count). The number of terminal acetylenes is 1. The van der Waals surface area contributed by atoms with Crippen molar-refractivity contribution in [1.29, 1.82) is 0 Å². The SMILES string of the molecule is C#CCOc1ccc(NC(=O)C2CCN(C(=O)OC(C)(C)C)C2)cc1. The zero-order chi connectivity index (χ0) is 18.4. The molecule has 1 aliphatic heterocycles. The minimum atomic E-state index is -0.541. The molecule has 1 unspecified atom stereocenters. The van der Waals surface area contributed by atoms with E-state index in [1.807, 2.05) is 20.8 Å². The third-order valence-electron chi connectivity index (χ3n) is 3.65. The van der Waals surface area contributed by atoms with Gasteiger partial charge in [0.2, 0.25) is 5.91 Å². The van der Waals surface area contributed by atoms with E-state index in [9.17, 15) is 9.59 Å². The highest BCUT2D eigenvalue weighted by molar-refractivity contribution is 5.93. The monoisotopic (exact) mass is 344 g/mol. The van der Waals surface area contributed by atoms with E-state index in [4.69, 9.17) is 15.9 Å². The lowest BCUT2D eigenvalue weighted by Gasteiger charge is -2.24. The lowest BCUT2D eigenvalue weighted by atomic mass is 10.1. The minimum Gasteiger partial charge on any atom is -0.481 e. The van der Waals surface area contributed by atoms with Crippen molar-refractivity contribution in [3.8, 4) is 18.1 Å². The van der Waals surface area contributed by atoms with E-state index >= 15 is 0 Å². The summed E-state index contributed by atoms with van der Waals surface area (Å²) in [6.07, 6.45) is 5.38. The highest BCUT2D eigenvalue weighted by atomic mass is 16.6. The number of carbonyl (C=O) groups is 2. The Kier molecular flexibility index (Phi) is 5.92. The van der Waals surface area contributed by atoms with E-state index in [0.29, 0.717) is 30.9 Å². The summed E-state index contributed by atoms with van der Waals surface area (Å²) in [6, 6.07) is 7.00. The fraction of sp³-hybridized carbons (Fsp3) is 0.474. The van der Waals surface area contributed by atoms with Gasteiger partial charge in [-0.05, 0) is 51.5 Å².